The Morgan fingerprint density at radius 1 is 1.00 bits per heavy atom. The number of hydrogen-bond donors (Lipinski definition) is 1. The van der Waals surface area contributed by atoms with E-state index in [1.807, 2.05) is 0 Å². The van der Waals surface area contributed by atoms with Gasteiger partial charge in [-0.15, -0.1) is 11.3 Å². The fraction of sp³-hybridized carbons (Fsp3) is 0.286. The molecule has 22 heavy (non-hydrogen) atoms. The van der Waals surface area contributed by atoms with Gasteiger partial charge in [0.2, 0.25) is 5.60 Å². The first-order valence-electron chi connectivity index (χ1n) is 6.00. The SMILES string of the molecule is COc1ccccc1C(O)(c1cccs1)C(F)(F)C(F)(F)F. The fourth-order valence-corrected chi connectivity index (χ4v) is 2.96. The van der Waals surface area contributed by atoms with E-state index in [0.717, 1.165) is 19.2 Å². The molecule has 1 heterocycles. The Hall–Kier alpha value is -1.67. The van der Waals surface area contributed by atoms with Gasteiger partial charge in [-0.2, -0.15) is 22.0 Å². The first kappa shape index (κ1) is 16.7. The van der Waals surface area contributed by atoms with Gasteiger partial charge in [0.05, 0.1) is 7.11 Å². The molecule has 0 saturated carbocycles. The summed E-state index contributed by atoms with van der Waals surface area (Å²) in [6.45, 7) is 0. The second kappa shape index (κ2) is 5.51. The number of ether oxygens (including phenoxy) is 1. The molecular formula is C14H11F5O2S. The molecule has 1 atom stereocenters. The Balaban J connectivity index is 2.78. The number of halogens is 5. The van der Waals surface area contributed by atoms with Crippen molar-refractivity contribution in [2.75, 3.05) is 7.11 Å². The Bertz CT molecular complexity index is 639. The lowest BCUT2D eigenvalue weighted by molar-refractivity contribution is -0.336. The summed E-state index contributed by atoms with van der Waals surface area (Å²) < 4.78 is 71.8. The normalized spacial score (nSPS) is 15.4. The van der Waals surface area contributed by atoms with Crippen LogP contribution in [0.2, 0.25) is 0 Å². The molecule has 1 aromatic heterocycles. The van der Waals surface area contributed by atoms with Gasteiger partial charge in [-0.05, 0) is 17.5 Å². The van der Waals surface area contributed by atoms with Gasteiger partial charge in [0.25, 0.3) is 0 Å². The van der Waals surface area contributed by atoms with E-state index in [2.05, 4.69) is 0 Å². The highest BCUT2D eigenvalue weighted by Crippen LogP contribution is 2.54. The number of rotatable bonds is 4. The van der Waals surface area contributed by atoms with E-state index in [9.17, 15) is 27.1 Å². The molecule has 2 aromatic rings. The van der Waals surface area contributed by atoms with Crippen LogP contribution in [-0.4, -0.2) is 24.3 Å². The van der Waals surface area contributed by atoms with Crippen molar-refractivity contribution in [2.45, 2.75) is 17.7 Å². The molecule has 0 fully saturated rings. The lowest BCUT2D eigenvalue weighted by Gasteiger charge is -2.37. The Kier molecular flexibility index (Phi) is 4.18. The van der Waals surface area contributed by atoms with Crippen molar-refractivity contribution in [3.63, 3.8) is 0 Å². The van der Waals surface area contributed by atoms with Crippen molar-refractivity contribution in [1.29, 1.82) is 0 Å². The third-order valence-corrected chi connectivity index (χ3v) is 4.16. The van der Waals surface area contributed by atoms with Gasteiger partial charge in [0, 0.05) is 10.4 Å². The fourth-order valence-electron chi connectivity index (χ4n) is 2.09. The minimum Gasteiger partial charge on any atom is -0.496 e. The second-order valence-corrected chi connectivity index (χ2v) is 5.41. The van der Waals surface area contributed by atoms with Crippen LogP contribution in [0.4, 0.5) is 22.0 Å². The zero-order valence-electron chi connectivity index (χ0n) is 11.2. The van der Waals surface area contributed by atoms with Gasteiger partial charge < -0.3 is 9.84 Å². The summed E-state index contributed by atoms with van der Waals surface area (Å²) in [7, 11) is 1.12. The zero-order valence-corrected chi connectivity index (χ0v) is 12.0. The predicted octanol–water partition coefficient (Wildman–Crippen LogP) is 4.19. The van der Waals surface area contributed by atoms with Crippen LogP contribution in [0.15, 0.2) is 41.8 Å². The number of thiophene rings is 1. The van der Waals surface area contributed by atoms with E-state index < -0.39 is 28.1 Å². The van der Waals surface area contributed by atoms with Crippen LogP contribution in [-0.2, 0) is 5.60 Å². The predicted molar refractivity (Wildman–Crippen MR) is 71.3 cm³/mol. The molecule has 0 radical (unpaired) electrons. The summed E-state index contributed by atoms with van der Waals surface area (Å²) in [5, 5.41) is 11.8. The third-order valence-electron chi connectivity index (χ3n) is 3.18. The van der Waals surface area contributed by atoms with Crippen molar-refractivity contribution < 1.29 is 31.8 Å². The van der Waals surface area contributed by atoms with E-state index in [0.29, 0.717) is 11.3 Å². The first-order valence-corrected chi connectivity index (χ1v) is 6.88. The number of hydrogen-bond acceptors (Lipinski definition) is 3. The topological polar surface area (TPSA) is 29.5 Å². The summed E-state index contributed by atoms with van der Waals surface area (Å²) in [5.74, 6) is -5.67. The van der Waals surface area contributed by atoms with E-state index in [1.54, 1.807) is 0 Å². The maximum Gasteiger partial charge on any atom is 0.457 e. The molecule has 0 bridgehead atoms. The highest BCUT2D eigenvalue weighted by atomic mass is 32.1. The Morgan fingerprint density at radius 3 is 2.14 bits per heavy atom. The molecule has 8 heteroatoms. The van der Waals surface area contributed by atoms with Crippen LogP contribution >= 0.6 is 11.3 Å². The van der Waals surface area contributed by atoms with Crippen molar-refractivity contribution in [1.82, 2.24) is 0 Å². The number of methoxy groups -OCH3 is 1. The summed E-state index contributed by atoms with van der Waals surface area (Å²) in [6.07, 6.45) is -5.94. The van der Waals surface area contributed by atoms with Gasteiger partial charge in [-0.25, -0.2) is 0 Å². The number of aliphatic hydroxyl groups is 1. The summed E-state index contributed by atoms with van der Waals surface area (Å²) in [4.78, 5) is -0.528. The number of para-hydroxylation sites is 1. The van der Waals surface area contributed by atoms with Gasteiger partial charge in [0.15, 0.2) is 0 Å². The lowest BCUT2D eigenvalue weighted by atomic mass is 9.84. The monoisotopic (exact) mass is 338 g/mol. The third kappa shape index (κ3) is 2.36. The Morgan fingerprint density at radius 2 is 1.64 bits per heavy atom. The summed E-state index contributed by atoms with van der Waals surface area (Å²) in [6, 6.07) is 7.16. The molecule has 0 aliphatic heterocycles. The molecule has 0 spiro atoms. The molecule has 1 N–H and O–H groups in total. The molecule has 1 aromatic carbocycles. The summed E-state index contributed by atoms with van der Waals surface area (Å²) in [5.41, 5.74) is -4.23. The van der Waals surface area contributed by atoms with E-state index >= 15 is 0 Å². The molecule has 2 rings (SSSR count). The molecule has 120 valence electrons. The van der Waals surface area contributed by atoms with Crippen molar-refractivity contribution in [3.8, 4) is 5.75 Å². The highest BCUT2D eigenvalue weighted by Gasteiger charge is 2.72. The van der Waals surface area contributed by atoms with Crippen LogP contribution in [0.5, 0.6) is 5.75 Å². The minimum atomic E-state index is -5.94. The Labute approximate surface area is 126 Å². The molecule has 0 aliphatic rings. The highest BCUT2D eigenvalue weighted by molar-refractivity contribution is 7.10. The molecule has 0 saturated heterocycles. The smallest absolute Gasteiger partial charge is 0.457 e. The first-order chi connectivity index (χ1) is 10.2. The van der Waals surface area contributed by atoms with Gasteiger partial charge >= 0.3 is 12.1 Å². The maximum absolute atomic E-state index is 14.1. The zero-order chi connectivity index (χ0) is 16.6. The van der Waals surface area contributed by atoms with Crippen molar-refractivity contribution >= 4 is 11.3 Å². The number of alkyl halides is 5. The maximum atomic E-state index is 14.1. The average molecular weight is 338 g/mol. The van der Waals surface area contributed by atoms with Crippen LogP contribution in [0, 0.1) is 0 Å². The summed E-state index contributed by atoms with van der Waals surface area (Å²) >= 11 is 0.601. The van der Waals surface area contributed by atoms with Crippen LogP contribution < -0.4 is 4.74 Å². The quantitative estimate of drug-likeness (QED) is 0.847. The lowest BCUT2D eigenvalue weighted by Crippen LogP contribution is -2.55. The van der Waals surface area contributed by atoms with Crippen LogP contribution in [0.3, 0.4) is 0 Å². The van der Waals surface area contributed by atoms with E-state index in [1.165, 1.54) is 29.6 Å². The van der Waals surface area contributed by atoms with Crippen molar-refractivity contribution in [3.05, 3.63) is 52.2 Å². The standard InChI is InChI=1S/C14H11F5O2S/c1-21-10-6-3-2-5-9(10)12(20,11-7-4-8-22-11)13(15,16)14(17,18)19/h2-8,20H,1H3. The van der Waals surface area contributed by atoms with Crippen molar-refractivity contribution in [2.24, 2.45) is 0 Å². The van der Waals surface area contributed by atoms with Gasteiger partial charge in [-0.1, -0.05) is 24.3 Å². The largest absolute Gasteiger partial charge is 0.496 e. The van der Waals surface area contributed by atoms with Crippen LogP contribution in [0.25, 0.3) is 0 Å². The minimum absolute atomic E-state index is 0.262. The molecule has 1 unspecified atom stereocenters. The molecular weight excluding hydrogens is 327 g/mol. The molecule has 0 aliphatic carbocycles. The van der Waals surface area contributed by atoms with E-state index in [-0.39, 0.29) is 5.75 Å². The van der Waals surface area contributed by atoms with E-state index in [4.69, 9.17) is 4.74 Å². The van der Waals surface area contributed by atoms with Gasteiger partial charge in [0.1, 0.15) is 5.75 Å². The molecule has 2 nitrogen and oxygen atoms in total. The van der Waals surface area contributed by atoms with Crippen LogP contribution in [0.1, 0.15) is 10.4 Å². The number of benzene rings is 1. The average Bonchev–Trinajstić information content (AvgIpc) is 2.99. The molecule has 0 amide bonds. The second-order valence-electron chi connectivity index (χ2n) is 4.46. The van der Waals surface area contributed by atoms with Gasteiger partial charge in [-0.3, -0.25) is 0 Å².